The Hall–Kier alpha value is -2.24. The maximum absolute atomic E-state index is 11.9. The summed E-state index contributed by atoms with van der Waals surface area (Å²) < 4.78 is 5.32. The Bertz CT molecular complexity index is 735. The molecule has 0 saturated carbocycles. The molecule has 0 fully saturated rings. The first-order valence-electron chi connectivity index (χ1n) is 6.69. The van der Waals surface area contributed by atoms with E-state index in [0.717, 1.165) is 5.56 Å². The second kappa shape index (κ2) is 7.85. The molecule has 0 heterocycles. The van der Waals surface area contributed by atoms with Gasteiger partial charge in [-0.3, -0.25) is 20.4 Å². The van der Waals surface area contributed by atoms with E-state index in [1.165, 1.54) is 18.2 Å². The van der Waals surface area contributed by atoms with E-state index in [9.17, 15) is 9.59 Å². The zero-order valence-corrected chi connectivity index (χ0v) is 13.7. The molecular formula is C16H14Cl2N2O3. The summed E-state index contributed by atoms with van der Waals surface area (Å²) in [5.41, 5.74) is 5.74. The van der Waals surface area contributed by atoms with E-state index in [0.29, 0.717) is 10.8 Å². The van der Waals surface area contributed by atoms with Crippen molar-refractivity contribution in [3.05, 3.63) is 63.6 Å². The molecule has 7 heteroatoms. The van der Waals surface area contributed by atoms with Gasteiger partial charge in [-0.1, -0.05) is 35.3 Å². The molecule has 0 radical (unpaired) electrons. The number of hydrazine groups is 1. The molecule has 0 aliphatic carbocycles. The van der Waals surface area contributed by atoms with Crippen molar-refractivity contribution >= 4 is 35.0 Å². The SMILES string of the molecule is Cc1cccc(OCC(=O)NNC(=O)c2ccc(Cl)cc2Cl)c1. The van der Waals surface area contributed by atoms with Crippen LogP contribution in [0.3, 0.4) is 0 Å². The van der Waals surface area contributed by atoms with Gasteiger partial charge in [-0.05, 0) is 42.8 Å². The summed E-state index contributed by atoms with van der Waals surface area (Å²) in [6.45, 7) is 1.70. The fourth-order valence-electron chi connectivity index (χ4n) is 1.76. The topological polar surface area (TPSA) is 67.4 Å². The molecule has 0 spiro atoms. The van der Waals surface area contributed by atoms with Gasteiger partial charge in [-0.15, -0.1) is 0 Å². The molecule has 0 unspecified atom stereocenters. The molecule has 0 aliphatic rings. The zero-order valence-electron chi connectivity index (χ0n) is 12.2. The van der Waals surface area contributed by atoms with Gasteiger partial charge in [0.1, 0.15) is 5.75 Å². The first-order chi connectivity index (χ1) is 11.0. The van der Waals surface area contributed by atoms with Crippen LogP contribution in [-0.2, 0) is 4.79 Å². The smallest absolute Gasteiger partial charge is 0.276 e. The van der Waals surface area contributed by atoms with Gasteiger partial charge in [0.05, 0.1) is 10.6 Å². The van der Waals surface area contributed by atoms with Crippen LogP contribution in [-0.4, -0.2) is 18.4 Å². The summed E-state index contributed by atoms with van der Waals surface area (Å²) in [5, 5.41) is 0.613. The van der Waals surface area contributed by atoms with E-state index in [1.807, 2.05) is 19.1 Å². The van der Waals surface area contributed by atoms with Crippen molar-refractivity contribution in [3.63, 3.8) is 0 Å². The normalized spacial score (nSPS) is 10.0. The number of carbonyl (C=O) groups is 2. The molecule has 2 rings (SSSR count). The summed E-state index contributed by atoms with van der Waals surface area (Å²) in [6, 6.07) is 11.7. The summed E-state index contributed by atoms with van der Waals surface area (Å²) >= 11 is 11.7. The average molecular weight is 353 g/mol. The highest BCUT2D eigenvalue weighted by Gasteiger charge is 2.12. The fraction of sp³-hybridized carbons (Fsp3) is 0.125. The van der Waals surface area contributed by atoms with E-state index < -0.39 is 11.8 Å². The summed E-state index contributed by atoms with van der Waals surface area (Å²) in [4.78, 5) is 23.6. The van der Waals surface area contributed by atoms with Crippen LogP contribution in [0.25, 0.3) is 0 Å². The lowest BCUT2D eigenvalue weighted by Gasteiger charge is -2.10. The van der Waals surface area contributed by atoms with Crippen LogP contribution < -0.4 is 15.6 Å². The monoisotopic (exact) mass is 352 g/mol. The van der Waals surface area contributed by atoms with Gasteiger partial charge in [-0.2, -0.15) is 0 Å². The lowest BCUT2D eigenvalue weighted by molar-refractivity contribution is -0.123. The third-order valence-electron chi connectivity index (χ3n) is 2.85. The highest BCUT2D eigenvalue weighted by molar-refractivity contribution is 6.36. The number of ether oxygens (including phenoxy) is 1. The van der Waals surface area contributed by atoms with Crippen molar-refractivity contribution in [1.82, 2.24) is 10.9 Å². The number of nitrogens with one attached hydrogen (secondary N) is 2. The van der Waals surface area contributed by atoms with Crippen molar-refractivity contribution in [2.75, 3.05) is 6.61 Å². The number of carbonyl (C=O) groups excluding carboxylic acids is 2. The third-order valence-corrected chi connectivity index (χ3v) is 3.40. The number of aryl methyl sites for hydroxylation is 1. The Kier molecular flexibility index (Phi) is 5.84. The number of hydrogen-bond donors (Lipinski definition) is 2. The minimum absolute atomic E-state index is 0.195. The quantitative estimate of drug-likeness (QED) is 0.830. The van der Waals surface area contributed by atoms with Gasteiger partial charge in [0.25, 0.3) is 11.8 Å². The standard InChI is InChI=1S/C16H14Cl2N2O3/c1-10-3-2-4-12(7-10)23-9-15(21)19-20-16(22)13-6-5-11(17)8-14(13)18/h2-8H,9H2,1H3,(H,19,21)(H,20,22). The maximum atomic E-state index is 11.9. The summed E-state index contributed by atoms with van der Waals surface area (Å²) in [6.07, 6.45) is 0. The van der Waals surface area contributed by atoms with Crippen LogP contribution >= 0.6 is 23.2 Å². The minimum atomic E-state index is -0.546. The van der Waals surface area contributed by atoms with Crippen LogP contribution in [0.2, 0.25) is 10.0 Å². The number of rotatable bonds is 4. The zero-order chi connectivity index (χ0) is 16.8. The second-order valence-electron chi connectivity index (χ2n) is 4.73. The molecule has 23 heavy (non-hydrogen) atoms. The van der Waals surface area contributed by atoms with Crippen molar-refractivity contribution in [2.45, 2.75) is 6.92 Å². The number of amides is 2. The molecule has 0 saturated heterocycles. The van der Waals surface area contributed by atoms with E-state index in [-0.39, 0.29) is 17.2 Å². The largest absolute Gasteiger partial charge is 0.484 e. The Morgan fingerprint density at radius 2 is 1.87 bits per heavy atom. The van der Waals surface area contributed by atoms with Gasteiger partial charge in [-0.25, -0.2) is 0 Å². The lowest BCUT2D eigenvalue weighted by Crippen LogP contribution is -2.43. The average Bonchev–Trinajstić information content (AvgIpc) is 2.50. The molecule has 2 aromatic carbocycles. The third kappa shape index (κ3) is 5.16. The number of hydrogen-bond acceptors (Lipinski definition) is 3. The summed E-state index contributed by atoms with van der Waals surface area (Å²) in [5.74, 6) is -0.465. The predicted octanol–water partition coefficient (Wildman–Crippen LogP) is 3.14. The number of benzene rings is 2. The first kappa shape index (κ1) is 17.1. The molecule has 120 valence electrons. The Morgan fingerprint density at radius 1 is 1.09 bits per heavy atom. The first-order valence-corrected chi connectivity index (χ1v) is 7.45. The Morgan fingerprint density at radius 3 is 2.57 bits per heavy atom. The molecule has 2 amide bonds. The van der Waals surface area contributed by atoms with Gasteiger partial charge in [0.2, 0.25) is 0 Å². The van der Waals surface area contributed by atoms with Crippen molar-refractivity contribution in [3.8, 4) is 5.75 Å². The predicted molar refractivity (Wildman–Crippen MR) is 88.7 cm³/mol. The number of halogens is 2. The van der Waals surface area contributed by atoms with Crippen LogP contribution in [0.4, 0.5) is 0 Å². The van der Waals surface area contributed by atoms with Gasteiger partial charge >= 0.3 is 0 Å². The van der Waals surface area contributed by atoms with Crippen molar-refractivity contribution < 1.29 is 14.3 Å². The summed E-state index contributed by atoms with van der Waals surface area (Å²) in [7, 11) is 0. The fourth-order valence-corrected chi connectivity index (χ4v) is 2.25. The highest BCUT2D eigenvalue weighted by atomic mass is 35.5. The van der Waals surface area contributed by atoms with Gasteiger partial charge in [0.15, 0.2) is 6.61 Å². The molecule has 2 N–H and O–H groups in total. The molecule has 0 aliphatic heterocycles. The second-order valence-corrected chi connectivity index (χ2v) is 5.58. The molecule has 0 aromatic heterocycles. The molecule has 0 bridgehead atoms. The van der Waals surface area contributed by atoms with E-state index in [4.69, 9.17) is 27.9 Å². The molecular weight excluding hydrogens is 339 g/mol. The van der Waals surface area contributed by atoms with Crippen LogP contribution in [0.1, 0.15) is 15.9 Å². The molecule has 2 aromatic rings. The lowest BCUT2D eigenvalue weighted by atomic mass is 10.2. The van der Waals surface area contributed by atoms with Crippen LogP contribution in [0.5, 0.6) is 5.75 Å². The Labute approximate surface area is 143 Å². The van der Waals surface area contributed by atoms with Crippen LogP contribution in [0, 0.1) is 6.92 Å². The van der Waals surface area contributed by atoms with Crippen molar-refractivity contribution in [1.29, 1.82) is 0 Å². The van der Waals surface area contributed by atoms with E-state index in [2.05, 4.69) is 10.9 Å². The molecule has 5 nitrogen and oxygen atoms in total. The van der Waals surface area contributed by atoms with E-state index in [1.54, 1.807) is 12.1 Å². The Balaban J connectivity index is 1.83. The van der Waals surface area contributed by atoms with Gasteiger partial charge in [0, 0.05) is 5.02 Å². The minimum Gasteiger partial charge on any atom is -0.484 e. The highest BCUT2D eigenvalue weighted by Crippen LogP contribution is 2.20. The van der Waals surface area contributed by atoms with Crippen LogP contribution in [0.15, 0.2) is 42.5 Å². The van der Waals surface area contributed by atoms with Crippen molar-refractivity contribution in [2.24, 2.45) is 0 Å². The van der Waals surface area contributed by atoms with Gasteiger partial charge < -0.3 is 4.74 Å². The molecule has 0 atom stereocenters. The van der Waals surface area contributed by atoms with E-state index >= 15 is 0 Å². The maximum Gasteiger partial charge on any atom is 0.276 e.